The summed E-state index contributed by atoms with van der Waals surface area (Å²) in [6.07, 6.45) is -0.729. The van der Waals surface area contributed by atoms with E-state index in [2.05, 4.69) is 10.6 Å². The van der Waals surface area contributed by atoms with Crippen LogP contribution in [0, 0.1) is 23.3 Å². The van der Waals surface area contributed by atoms with Gasteiger partial charge in [0.05, 0.1) is 11.4 Å². The SMILES string of the molecule is O=C(CC(=O)Nc1ccc(F)cc1F)Nc1ccc(F)cc1F. The Morgan fingerprint density at radius 2 is 1.13 bits per heavy atom. The third-order valence-corrected chi connectivity index (χ3v) is 2.73. The van der Waals surface area contributed by atoms with Gasteiger partial charge in [0.1, 0.15) is 29.7 Å². The summed E-state index contributed by atoms with van der Waals surface area (Å²) in [6, 6.07) is 5.02. The molecule has 120 valence electrons. The molecule has 2 aromatic carbocycles. The van der Waals surface area contributed by atoms with Gasteiger partial charge in [-0.25, -0.2) is 17.6 Å². The molecule has 23 heavy (non-hydrogen) atoms. The molecule has 2 rings (SSSR count). The Labute approximate surface area is 128 Å². The highest BCUT2D eigenvalue weighted by atomic mass is 19.1. The number of hydrogen-bond acceptors (Lipinski definition) is 2. The molecular formula is C15H10F4N2O2. The van der Waals surface area contributed by atoms with Crippen LogP contribution in [0.25, 0.3) is 0 Å². The standard InChI is InChI=1S/C15H10F4N2O2/c16-8-1-3-12(10(18)5-8)20-14(22)7-15(23)21-13-4-2-9(17)6-11(13)19/h1-6H,7H2,(H,20,22)(H,21,23). The Kier molecular flexibility index (Phi) is 4.95. The Hall–Kier alpha value is -2.90. The second-order valence-corrected chi connectivity index (χ2v) is 4.52. The van der Waals surface area contributed by atoms with Crippen LogP contribution in [0.2, 0.25) is 0 Å². The topological polar surface area (TPSA) is 58.2 Å². The molecule has 0 atom stereocenters. The molecule has 0 heterocycles. The van der Waals surface area contributed by atoms with Crippen LogP contribution < -0.4 is 10.6 Å². The summed E-state index contributed by atoms with van der Waals surface area (Å²) in [4.78, 5) is 23.2. The fourth-order valence-corrected chi connectivity index (χ4v) is 1.72. The first kappa shape index (κ1) is 16.5. The summed E-state index contributed by atoms with van der Waals surface area (Å²) in [6.45, 7) is 0. The monoisotopic (exact) mass is 326 g/mol. The number of halogens is 4. The Morgan fingerprint density at radius 1 is 0.739 bits per heavy atom. The average Bonchev–Trinajstić information content (AvgIpc) is 2.45. The number of nitrogens with one attached hydrogen (secondary N) is 2. The summed E-state index contributed by atoms with van der Waals surface area (Å²) in [5, 5.41) is 4.17. The van der Waals surface area contributed by atoms with Crippen molar-refractivity contribution in [2.75, 3.05) is 10.6 Å². The van der Waals surface area contributed by atoms with Gasteiger partial charge in [0.25, 0.3) is 0 Å². The highest BCUT2D eigenvalue weighted by Gasteiger charge is 2.14. The van der Waals surface area contributed by atoms with E-state index in [1.807, 2.05) is 0 Å². The van der Waals surface area contributed by atoms with Crippen molar-refractivity contribution in [3.8, 4) is 0 Å². The molecule has 0 bridgehead atoms. The number of anilines is 2. The molecule has 0 unspecified atom stereocenters. The Balaban J connectivity index is 1.95. The van der Waals surface area contributed by atoms with E-state index in [0.717, 1.165) is 24.3 Å². The van der Waals surface area contributed by atoms with Gasteiger partial charge >= 0.3 is 0 Å². The van der Waals surface area contributed by atoms with Crippen LogP contribution in [-0.4, -0.2) is 11.8 Å². The zero-order valence-electron chi connectivity index (χ0n) is 11.5. The molecule has 8 heteroatoms. The lowest BCUT2D eigenvalue weighted by atomic mass is 10.2. The van der Waals surface area contributed by atoms with Gasteiger partial charge in [-0.1, -0.05) is 0 Å². The molecule has 0 fully saturated rings. The highest BCUT2D eigenvalue weighted by Crippen LogP contribution is 2.17. The summed E-state index contributed by atoms with van der Waals surface area (Å²) >= 11 is 0. The molecule has 2 aromatic rings. The third-order valence-electron chi connectivity index (χ3n) is 2.73. The van der Waals surface area contributed by atoms with E-state index in [-0.39, 0.29) is 11.4 Å². The van der Waals surface area contributed by atoms with E-state index in [0.29, 0.717) is 12.1 Å². The second kappa shape index (κ2) is 6.91. The summed E-state index contributed by atoms with van der Waals surface area (Å²) in [7, 11) is 0. The second-order valence-electron chi connectivity index (χ2n) is 4.52. The lowest BCUT2D eigenvalue weighted by Crippen LogP contribution is -2.22. The molecule has 0 spiro atoms. The predicted molar refractivity (Wildman–Crippen MR) is 74.6 cm³/mol. The van der Waals surface area contributed by atoms with Crippen molar-refractivity contribution in [3.63, 3.8) is 0 Å². The van der Waals surface area contributed by atoms with E-state index in [1.54, 1.807) is 0 Å². The van der Waals surface area contributed by atoms with Gasteiger partial charge in [-0.15, -0.1) is 0 Å². The molecule has 0 aliphatic heterocycles. The lowest BCUT2D eigenvalue weighted by Gasteiger charge is -2.08. The zero-order valence-corrected chi connectivity index (χ0v) is 11.5. The van der Waals surface area contributed by atoms with E-state index < -0.39 is 41.5 Å². The van der Waals surface area contributed by atoms with Crippen molar-refractivity contribution in [3.05, 3.63) is 59.7 Å². The lowest BCUT2D eigenvalue weighted by molar-refractivity contribution is -0.123. The van der Waals surface area contributed by atoms with Crippen molar-refractivity contribution < 1.29 is 27.2 Å². The van der Waals surface area contributed by atoms with Crippen molar-refractivity contribution in [2.45, 2.75) is 6.42 Å². The number of amides is 2. The fourth-order valence-electron chi connectivity index (χ4n) is 1.72. The van der Waals surface area contributed by atoms with Gasteiger partial charge in [-0.3, -0.25) is 9.59 Å². The van der Waals surface area contributed by atoms with Crippen LogP contribution in [0.15, 0.2) is 36.4 Å². The quantitative estimate of drug-likeness (QED) is 0.669. The largest absolute Gasteiger partial charge is 0.323 e. The minimum Gasteiger partial charge on any atom is -0.323 e. The van der Waals surface area contributed by atoms with E-state index >= 15 is 0 Å². The van der Waals surface area contributed by atoms with Gasteiger partial charge in [0, 0.05) is 12.1 Å². The number of hydrogen-bond donors (Lipinski definition) is 2. The van der Waals surface area contributed by atoms with Crippen LogP contribution in [0.3, 0.4) is 0 Å². The normalized spacial score (nSPS) is 10.3. The van der Waals surface area contributed by atoms with Crippen molar-refractivity contribution in [1.82, 2.24) is 0 Å². The zero-order chi connectivity index (χ0) is 17.0. The van der Waals surface area contributed by atoms with Gasteiger partial charge < -0.3 is 10.6 Å². The molecule has 0 saturated heterocycles. The van der Waals surface area contributed by atoms with Gasteiger partial charge in [0.15, 0.2) is 0 Å². The maximum Gasteiger partial charge on any atom is 0.233 e. The summed E-state index contributed by atoms with van der Waals surface area (Å²) in [5.41, 5.74) is -0.589. The van der Waals surface area contributed by atoms with Gasteiger partial charge in [-0.05, 0) is 24.3 Å². The average molecular weight is 326 g/mol. The van der Waals surface area contributed by atoms with Gasteiger partial charge in [0.2, 0.25) is 11.8 Å². The molecule has 0 radical (unpaired) electrons. The molecule has 2 amide bonds. The molecular weight excluding hydrogens is 316 g/mol. The van der Waals surface area contributed by atoms with Crippen molar-refractivity contribution in [1.29, 1.82) is 0 Å². The maximum absolute atomic E-state index is 13.3. The van der Waals surface area contributed by atoms with Gasteiger partial charge in [-0.2, -0.15) is 0 Å². The first-order valence-electron chi connectivity index (χ1n) is 6.35. The van der Waals surface area contributed by atoms with E-state index in [9.17, 15) is 27.2 Å². The first-order valence-corrected chi connectivity index (χ1v) is 6.35. The number of carbonyl (C=O) groups is 2. The summed E-state index contributed by atoms with van der Waals surface area (Å²) in [5.74, 6) is -5.38. The van der Waals surface area contributed by atoms with Crippen molar-refractivity contribution >= 4 is 23.2 Å². The highest BCUT2D eigenvalue weighted by molar-refractivity contribution is 6.08. The number of carbonyl (C=O) groups excluding carboxylic acids is 2. The van der Waals surface area contributed by atoms with E-state index in [4.69, 9.17) is 0 Å². The minimum absolute atomic E-state index is 0.294. The van der Waals surface area contributed by atoms with Crippen molar-refractivity contribution in [2.24, 2.45) is 0 Å². The maximum atomic E-state index is 13.3. The smallest absolute Gasteiger partial charge is 0.233 e. The molecule has 0 aliphatic rings. The molecule has 0 saturated carbocycles. The summed E-state index contributed by atoms with van der Waals surface area (Å²) < 4.78 is 52.1. The van der Waals surface area contributed by atoms with Crippen LogP contribution >= 0.6 is 0 Å². The number of rotatable bonds is 4. The third kappa shape index (κ3) is 4.53. The molecule has 0 aliphatic carbocycles. The number of benzene rings is 2. The minimum atomic E-state index is -0.997. The van der Waals surface area contributed by atoms with Crippen LogP contribution in [0.1, 0.15) is 6.42 Å². The molecule has 4 nitrogen and oxygen atoms in total. The molecule has 2 N–H and O–H groups in total. The van der Waals surface area contributed by atoms with Crippen LogP contribution in [-0.2, 0) is 9.59 Å². The van der Waals surface area contributed by atoms with Crippen LogP contribution in [0.5, 0.6) is 0 Å². The first-order chi connectivity index (χ1) is 10.8. The Bertz CT molecular complexity index is 702. The van der Waals surface area contributed by atoms with Crippen LogP contribution in [0.4, 0.5) is 28.9 Å². The Morgan fingerprint density at radius 3 is 1.48 bits per heavy atom. The van der Waals surface area contributed by atoms with E-state index in [1.165, 1.54) is 0 Å². The molecule has 0 aromatic heterocycles. The predicted octanol–water partition coefficient (Wildman–Crippen LogP) is 3.21. The fraction of sp³-hybridized carbons (Fsp3) is 0.0667.